The van der Waals surface area contributed by atoms with Crippen LogP contribution in [0.3, 0.4) is 0 Å². The Kier molecular flexibility index (Phi) is 7.57. The molecule has 1 aromatic carbocycles. The summed E-state index contributed by atoms with van der Waals surface area (Å²) in [7, 11) is 1.37. The Morgan fingerprint density at radius 3 is 2.56 bits per heavy atom. The number of aromatic amines is 1. The van der Waals surface area contributed by atoms with Gasteiger partial charge in [0, 0.05) is 29.3 Å². The molecule has 3 atom stereocenters. The van der Waals surface area contributed by atoms with E-state index in [1.807, 2.05) is 19.9 Å². The zero-order chi connectivity index (χ0) is 26.8. The first kappa shape index (κ1) is 26.9. The molecular weight excluding hydrogens is 472 g/mol. The molecule has 4 N–H and O–H groups in total. The summed E-state index contributed by atoms with van der Waals surface area (Å²) < 4.78 is 33.5. The zero-order valence-electron chi connectivity index (χ0n) is 20.9. The fourth-order valence-corrected chi connectivity index (χ4v) is 4.48. The van der Waals surface area contributed by atoms with Crippen LogP contribution in [0, 0.1) is 23.1 Å². The predicted molar refractivity (Wildman–Crippen MR) is 128 cm³/mol. The largest absolute Gasteiger partial charge is 0.496 e. The quantitative estimate of drug-likeness (QED) is 0.417. The van der Waals surface area contributed by atoms with Crippen molar-refractivity contribution in [2.24, 2.45) is 5.92 Å². The second-order valence-corrected chi connectivity index (χ2v) is 10.4. The van der Waals surface area contributed by atoms with Crippen molar-refractivity contribution in [2.45, 2.75) is 70.2 Å². The van der Waals surface area contributed by atoms with Crippen molar-refractivity contribution in [3.63, 3.8) is 0 Å². The van der Waals surface area contributed by atoms with Gasteiger partial charge in [-0.3, -0.25) is 14.4 Å². The van der Waals surface area contributed by atoms with E-state index in [1.54, 1.807) is 0 Å². The van der Waals surface area contributed by atoms with E-state index in [0.29, 0.717) is 17.3 Å². The minimum absolute atomic E-state index is 0.0186. The first-order chi connectivity index (χ1) is 16.7. The second-order valence-electron chi connectivity index (χ2n) is 10.4. The molecular formula is C25H31F2N5O4. The van der Waals surface area contributed by atoms with Crippen molar-refractivity contribution < 1.29 is 27.9 Å². The van der Waals surface area contributed by atoms with Crippen molar-refractivity contribution >= 4 is 28.6 Å². The molecule has 0 spiro atoms. The Morgan fingerprint density at radius 2 is 2.00 bits per heavy atom. The van der Waals surface area contributed by atoms with Gasteiger partial charge in [-0.05, 0) is 52.7 Å². The SMILES string of the molecule is COc1cc(F)cc2[nH]c(C(=O)NC(CC(C)(C)F)C(=O)NC(C#N)CC3CC(C)(C)NC3=O)cc12. The number of aromatic nitrogens is 1. The summed E-state index contributed by atoms with van der Waals surface area (Å²) in [6.45, 7) is 6.27. The van der Waals surface area contributed by atoms with Gasteiger partial charge < -0.3 is 25.7 Å². The number of nitrogens with zero attached hydrogens (tertiary/aromatic N) is 1. The molecule has 3 rings (SSSR count). The van der Waals surface area contributed by atoms with E-state index in [2.05, 4.69) is 20.9 Å². The van der Waals surface area contributed by atoms with Crippen LogP contribution < -0.4 is 20.7 Å². The number of carbonyl (C=O) groups is 3. The second kappa shape index (κ2) is 10.1. The molecule has 2 aromatic rings. The number of fused-ring (bicyclic) bond motifs is 1. The highest BCUT2D eigenvalue weighted by Gasteiger charge is 2.39. The topological polar surface area (TPSA) is 136 Å². The lowest BCUT2D eigenvalue weighted by Crippen LogP contribution is -2.51. The van der Waals surface area contributed by atoms with Crippen LogP contribution >= 0.6 is 0 Å². The summed E-state index contributed by atoms with van der Waals surface area (Å²) in [6.07, 6.45) is 0.227. The first-order valence-corrected chi connectivity index (χ1v) is 11.6. The molecule has 36 heavy (non-hydrogen) atoms. The number of alkyl halides is 1. The lowest BCUT2D eigenvalue weighted by Gasteiger charge is -2.25. The highest BCUT2D eigenvalue weighted by Crippen LogP contribution is 2.29. The van der Waals surface area contributed by atoms with E-state index in [-0.39, 0.29) is 30.2 Å². The molecule has 0 radical (unpaired) electrons. The Bertz CT molecular complexity index is 1210. The van der Waals surface area contributed by atoms with Gasteiger partial charge in [-0.1, -0.05) is 0 Å². The first-order valence-electron chi connectivity index (χ1n) is 11.6. The lowest BCUT2D eigenvalue weighted by atomic mass is 9.91. The number of benzene rings is 1. The van der Waals surface area contributed by atoms with Gasteiger partial charge >= 0.3 is 0 Å². The number of nitriles is 1. The molecule has 194 valence electrons. The minimum Gasteiger partial charge on any atom is -0.496 e. The number of rotatable bonds is 9. The Morgan fingerprint density at radius 1 is 1.31 bits per heavy atom. The normalized spacial score (nSPS) is 18.7. The molecule has 0 aliphatic carbocycles. The molecule has 1 aromatic heterocycles. The number of ether oxygens (including phenoxy) is 1. The summed E-state index contributed by atoms with van der Waals surface area (Å²) in [6, 6.07) is 3.46. The highest BCUT2D eigenvalue weighted by molar-refractivity contribution is 6.01. The van der Waals surface area contributed by atoms with Gasteiger partial charge in [0.1, 0.15) is 35.0 Å². The van der Waals surface area contributed by atoms with Crippen molar-refractivity contribution in [3.8, 4) is 11.8 Å². The smallest absolute Gasteiger partial charge is 0.268 e. The number of amides is 3. The fourth-order valence-electron chi connectivity index (χ4n) is 4.48. The molecule has 1 saturated heterocycles. The third-order valence-corrected chi connectivity index (χ3v) is 6.02. The monoisotopic (exact) mass is 503 g/mol. The van der Waals surface area contributed by atoms with Crippen molar-refractivity contribution in [1.29, 1.82) is 5.26 Å². The predicted octanol–water partition coefficient (Wildman–Crippen LogP) is 2.87. The molecule has 3 amide bonds. The van der Waals surface area contributed by atoms with Crippen LogP contribution in [0.25, 0.3) is 10.9 Å². The number of hydrogen-bond acceptors (Lipinski definition) is 5. The number of hydrogen-bond donors (Lipinski definition) is 4. The fraction of sp³-hybridized carbons (Fsp3) is 0.520. The molecule has 11 heteroatoms. The molecule has 9 nitrogen and oxygen atoms in total. The van der Waals surface area contributed by atoms with Gasteiger partial charge in [-0.2, -0.15) is 5.26 Å². The average Bonchev–Trinajstić information content (AvgIpc) is 3.30. The zero-order valence-corrected chi connectivity index (χ0v) is 20.9. The molecule has 1 fully saturated rings. The van der Waals surface area contributed by atoms with Gasteiger partial charge in [0.15, 0.2) is 0 Å². The lowest BCUT2D eigenvalue weighted by molar-refractivity contribution is -0.126. The van der Waals surface area contributed by atoms with E-state index in [0.717, 1.165) is 0 Å². The maximum Gasteiger partial charge on any atom is 0.268 e. The molecule has 0 saturated carbocycles. The summed E-state index contributed by atoms with van der Waals surface area (Å²) in [4.78, 5) is 41.0. The maximum absolute atomic E-state index is 14.5. The van der Waals surface area contributed by atoms with Crippen molar-refractivity contribution in [3.05, 3.63) is 29.7 Å². The van der Waals surface area contributed by atoms with E-state index >= 15 is 0 Å². The number of carbonyl (C=O) groups excluding carboxylic acids is 3. The Labute approximate surface area is 207 Å². The van der Waals surface area contributed by atoms with E-state index in [4.69, 9.17) is 4.74 Å². The summed E-state index contributed by atoms with van der Waals surface area (Å²) in [5.74, 6) is -2.48. The van der Waals surface area contributed by atoms with Gasteiger partial charge in [0.25, 0.3) is 5.91 Å². The van der Waals surface area contributed by atoms with Crippen molar-refractivity contribution in [1.82, 2.24) is 20.9 Å². The van der Waals surface area contributed by atoms with Gasteiger partial charge in [-0.25, -0.2) is 8.78 Å². The van der Waals surface area contributed by atoms with E-state index in [1.165, 1.54) is 39.2 Å². The van der Waals surface area contributed by atoms with Crippen LogP contribution in [-0.4, -0.2) is 53.1 Å². The third kappa shape index (κ3) is 6.50. The summed E-state index contributed by atoms with van der Waals surface area (Å²) in [5.41, 5.74) is -1.90. The van der Waals surface area contributed by atoms with Crippen LogP contribution in [0.4, 0.5) is 8.78 Å². The molecule has 1 aliphatic heterocycles. The Balaban J connectivity index is 1.76. The van der Waals surface area contributed by atoms with E-state index in [9.17, 15) is 28.4 Å². The number of H-pyrrole nitrogens is 1. The van der Waals surface area contributed by atoms with Crippen LogP contribution in [0.15, 0.2) is 18.2 Å². The molecule has 1 aliphatic rings. The average molecular weight is 504 g/mol. The Hall–Kier alpha value is -3.68. The third-order valence-electron chi connectivity index (χ3n) is 6.02. The number of halogens is 2. The van der Waals surface area contributed by atoms with Crippen LogP contribution in [0.5, 0.6) is 5.75 Å². The summed E-state index contributed by atoms with van der Waals surface area (Å²) in [5, 5.41) is 17.9. The molecule has 2 heterocycles. The van der Waals surface area contributed by atoms with Gasteiger partial charge in [-0.15, -0.1) is 0 Å². The van der Waals surface area contributed by atoms with E-state index < -0.39 is 46.8 Å². The summed E-state index contributed by atoms with van der Waals surface area (Å²) >= 11 is 0. The van der Waals surface area contributed by atoms with Crippen LogP contribution in [0.2, 0.25) is 0 Å². The van der Waals surface area contributed by atoms with Crippen molar-refractivity contribution in [2.75, 3.05) is 7.11 Å². The molecule has 0 bridgehead atoms. The van der Waals surface area contributed by atoms with Crippen LogP contribution in [-0.2, 0) is 9.59 Å². The highest BCUT2D eigenvalue weighted by atomic mass is 19.1. The number of methoxy groups -OCH3 is 1. The molecule has 3 unspecified atom stereocenters. The standard InChI is InChI=1S/C25H31F2N5O4/c1-24(2,27)11-19(23(35)29-15(12-28)6-13-10-25(3,4)32-21(13)33)31-22(34)18-9-16-17(30-18)7-14(26)8-20(16)36-5/h7-9,13,15,19,30H,6,10-11H2,1-5H3,(H,29,35)(H,31,34)(H,32,33). The van der Waals surface area contributed by atoms with Crippen LogP contribution in [0.1, 0.15) is 57.4 Å². The van der Waals surface area contributed by atoms with Gasteiger partial charge in [0.05, 0.1) is 18.7 Å². The van der Waals surface area contributed by atoms with Gasteiger partial charge in [0.2, 0.25) is 11.8 Å². The number of nitrogens with one attached hydrogen (secondary N) is 4. The minimum atomic E-state index is -1.82. The maximum atomic E-state index is 14.5.